The third-order valence-corrected chi connectivity index (χ3v) is 2.96. The third-order valence-electron chi connectivity index (χ3n) is 2.96. The molecule has 1 aliphatic heterocycles. The van der Waals surface area contributed by atoms with Crippen LogP contribution in [0.25, 0.3) is 0 Å². The molecule has 1 heterocycles. The highest BCUT2D eigenvalue weighted by molar-refractivity contribution is 5.76. The Hall–Kier alpha value is -1.26. The lowest BCUT2D eigenvalue weighted by Gasteiger charge is -2.40. The molecule has 0 spiro atoms. The Morgan fingerprint density at radius 1 is 1.44 bits per heavy atom. The van der Waals surface area contributed by atoms with Crippen LogP contribution in [-0.2, 0) is 9.53 Å². The van der Waals surface area contributed by atoms with Gasteiger partial charge in [0.25, 0.3) is 0 Å². The molecule has 0 bridgehead atoms. The van der Waals surface area contributed by atoms with Crippen LogP contribution in [0.15, 0.2) is 0 Å². The van der Waals surface area contributed by atoms with Crippen molar-refractivity contribution in [1.82, 2.24) is 9.80 Å². The summed E-state index contributed by atoms with van der Waals surface area (Å²) in [5.74, 6) is -0.232. The first-order valence-corrected chi connectivity index (χ1v) is 5.66. The molecule has 1 rings (SSSR count). The number of esters is 1. The van der Waals surface area contributed by atoms with Gasteiger partial charge in [0.2, 0.25) is 0 Å². The summed E-state index contributed by atoms with van der Waals surface area (Å²) in [5.41, 5.74) is 0. The van der Waals surface area contributed by atoms with Crippen molar-refractivity contribution in [2.75, 3.05) is 14.1 Å². The van der Waals surface area contributed by atoms with E-state index in [1.54, 1.807) is 19.0 Å². The monoisotopic (exact) mass is 228 g/mol. The molecular formula is C11H20N2O3. The summed E-state index contributed by atoms with van der Waals surface area (Å²) >= 11 is 0. The van der Waals surface area contributed by atoms with Gasteiger partial charge in [0.15, 0.2) is 6.23 Å². The first kappa shape index (κ1) is 12.8. The third kappa shape index (κ3) is 2.65. The average Bonchev–Trinajstić information content (AvgIpc) is 2.23. The molecule has 5 heteroatoms. The summed E-state index contributed by atoms with van der Waals surface area (Å²) in [4.78, 5) is 26.3. The molecular weight excluding hydrogens is 208 g/mol. The van der Waals surface area contributed by atoms with Crippen molar-refractivity contribution in [1.29, 1.82) is 0 Å². The van der Waals surface area contributed by atoms with Crippen LogP contribution in [0.1, 0.15) is 33.1 Å². The van der Waals surface area contributed by atoms with Crippen molar-refractivity contribution in [3.63, 3.8) is 0 Å². The number of ether oxygens (including phenoxy) is 1. The van der Waals surface area contributed by atoms with E-state index in [2.05, 4.69) is 0 Å². The smallest absolute Gasteiger partial charge is 0.322 e. The van der Waals surface area contributed by atoms with Gasteiger partial charge in [0, 0.05) is 33.0 Å². The minimum absolute atomic E-state index is 0.100. The summed E-state index contributed by atoms with van der Waals surface area (Å²) in [6, 6.07) is -0.00354. The van der Waals surface area contributed by atoms with Gasteiger partial charge in [0.1, 0.15) is 0 Å². The van der Waals surface area contributed by atoms with Crippen LogP contribution in [0, 0.1) is 0 Å². The molecule has 0 radical (unpaired) electrons. The Labute approximate surface area is 96.3 Å². The standard InChI is InChI=1S/C11H20N2O3/c1-5-6-10(14)16-9-7-8(2)12(3)11(15)13(9)4/h8-9H,5-7H2,1-4H3. The van der Waals surface area contributed by atoms with Crippen LogP contribution in [0.3, 0.4) is 0 Å². The molecule has 0 aromatic heterocycles. The number of carbonyl (C=O) groups is 2. The lowest BCUT2D eigenvalue weighted by molar-refractivity contribution is -0.159. The highest BCUT2D eigenvalue weighted by Crippen LogP contribution is 2.20. The molecule has 1 saturated heterocycles. The Bertz CT molecular complexity index is 280. The zero-order chi connectivity index (χ0) is 12.3. The van der Waals surface area contributed by atoms with E-state index in [9.17, 15) is 9.59 Å². The quantitative estimate of drug-likeness (QED) is 0.687. The number of nitrogens with zero attached hydrogens (tertiary/aromatic N) is 2. The topological polar surface area (TPSA) is 49.9 Å². The van der Waals surface area contributed by atoms with Crippen LogP contribution in [0.2, 0.25) is 0 Å². The van der Waals surface area contributed by atoms with Crippen molar-refractivity contribution in [2.24, 2.45) is 0 Å². The molecule has 0 N–H and O–H groups in total. The zero-order valence-corrected chi connectivity index (χ0v) is 10.4. The van der Waals surface area contributed by atoms with E-state index in [0.717, 1.165) is 6.42 Å². The Kier molecular flexibility index (Phi) is 4.15. The fraction of sp³-hybridized carbons (Fsp3) is 0.818. The van der Waals surface area contributed by atoms with Gasteiger partial charge >= 0.3 is 12.0 Å². The lowest BCUT2D eigenvalue weighted by Crippen LogP contribution is -2.56. The second-order valence-corrected chi connectivity index (χ2v) is 4.28. The molecule has 0 aliphatic carbocycles. The van der Waals surface area contributed by atoms with Crippen LogP contribution < -0.4 is 0 Å². The van der Waals surface area contributed by atoms with Crippen molar-refractivity contribution in [3.8, 4) is 0 Å². The van der Waals surface area contributed by atoms with E-state index in [1.807, 2.05) is 13.8 Å². The van der Waals surface area contributed by atoms with Gasteiger partial charge in [-0.2, -0.15) is 0 Å². The van der Waals surface area contributed by atoms with E-state index in [4.69, 9.17) is 4.74 Å². The number of rotatable bonds is 3. The van der Waals surface area contributed by atoms with Gasteiger partial charge < -0.3 is 9.64 Å². The molecule has 2 atom stereocenters. The zero-order valence-electron chi connectivity index (χ0n) is 10.4. The number of carbonyl (C=O) groups excluding carboxylic acids is 2. The molecule has 16 heavy (non-hydrogen) atoms. The predicted molar refractivity (Wildman–Crippen MR) is 59.8 cm³/mol. The van der Waals surface area contributed by atoms with E-state index >= 15 is 0 Å². The Morgan fingerprint density at radius 3 is 2.62 bits per heavy atom. The van der Waals surface area contributed by atoms with Crippen molar-refractivity contribution >= 4 is 12.0 Å². The lowest BCUT2D eigenvalue weighted by atomic mass is 10.1. The number of urea groups is 1. The van der Waals surface area contributed by atoms with Crippen LogP contribution >= 0.6 is 0 Å². The molecule has 5 nitrogen and oxygen atoms in total. The molecule has 0 saturated carbocycles. The van der Waals surface area contributed by atoms with E-state index in [1.165, 1.54) is 4.90 Å². The summed E-state index contributed by atoms with van der Waals surface area (Å²) in [6.07, 6.45) is 1.41. The summed E-state index contributed by atoms with van der Waals surface area (Å²) in [7, 11) is 3.42. The van der Waals surface area contributed by atoms with Crippen LogP contribution in [0.4, 0.5) is 4.79 Å². The molecule has 1 aliphatic rings. The average molecular weight is 228 g/mol. The number of amides is 2. The van der Waals surface area contributed by atoms with Crippen LogP contribution in [-0.4, -0.2) is 48.2 Å². The van der Waals surface area contributed by atoms with Gasteiger partial charge in [-0.15, -0.1) is 0 Å². The fourth-order valence-electron chi connectivity index (χ4n) is 1.71. The molecule has 2 amide bonds. The minimum Gasteiger partial charge on any atom is -0.441 e. The van der Waals surface area contributed by atoms with Gasteiger partial charge in [-0.3, -0.25) is 9.69 Å². The van der Waals surface area contributed by atoms with Crippen molar-refractivity contribution in [2.45, 2.75) is 45.4 Å². The minimum atomic E-state index is -0.419. The molecule has 0 aromatic rings. The first-order chi connectivity index (χ1) is 7.47. The molecule has 1 fully saturated rings. The second kappa shape index (κ2) is 5.18. The maximum absolute atomic E-state index is 11.7. The Balaban J connectivity index is 2.60. The van der Waals surface area contributed by atoms with Gasteiger partial charge in [-0.05, 0) is 13.3 Å². The fourth-order valence-corrected chi connectivity index (χ4v) is 1.71. The highest BCUT2D eigenvalue weighted by Gasteiger charge is 2.35. The maximum atomic E-state index is 11.7. The largest absolute Gasteiger partial charge is 0.441 e. The molecule has 0 aromatic carbocycles. The molecule has 92 valence electrons. The van der Waals surface area contributed by atoms with Gasteiger partial charge in [-0.25, -0.2) is 4.79 Å². The van der Waals surface area contributed by atoms with E-state index in [-0.39, 0.29) is 18.0 Å². The molecule has 2 unspecified atom stereocenters. The summed E-state index contributed by atoms with van der Waals surface area (Å²) in [5, 5.41) is 0. The second-order valence-electron chi connectivity index (χ2n) is 4.28. The van der Waals surface area contributed by atoms with Crippen molar-refractivity contribution in [3.05, 3.63) is 0 Å². The Morgan fingerprint density at radius 2 is 2.06 bits per heavy atom. The van der Waals surface area contributed by atoms with Crippen molar-refractivity contribution < 1.29 is 14.3 Å². The van der Waals surface area contributed by atoms with Crippen LogP contribution in [0.5, 0.6) is 0 Å². The van der Waals surface area contributed by atoms with E-state index < -0.39 is 6.23 Å². The normalized spacial score (nSPS) is 25.9. The van der Waals surface area contributed by atoms with E-state index in [0.29, 0.717) is 12.8 Å². The SMILES string of the molecule is CCCC(=O)OC1CC(C)N(C)C(=O)N1C. The number of hydrogen-bond acceptors (Lipinski definition) is 3. The highest BCUT2D eigenvalue weighted by atomic mass is 16.6. The van der Waals surface area contributed by atoms with Gasteiger partial charge in [-0.1, -0.05) is 6.92 Å². The van der Waals surface area contributed by atoms with Gasteiger partial charge in [0.05, 0.1) is 0 Å². The maximum Gasteiger partial charge on any atom is 0.322 e. The first-order valence-electron chi connectivity index (χ1n) is 5.66. The summed E-state index contributed by atoms with van der Waals surface area (Å²) < 4.78 is 5.27. The predicted octanol–water partition coefficient (Wildman–Crippen LogP) is 1.43. The summed E-state index contributed by atoms with van der Waals surface area (Å²) in [6.45, 7) is 3.87. The number of hydrogen-bond donors (Lipinski definition) is 0.